The minimum Gasteiger partial charge on any atom is -0.480 e. The first-order chi connectivity index (χ1) is 5.97. The molecular formula is C8H18N2O3. The van der Waals surface area contributed by atoms with Crippen LogP contribution < -0.4 is 11.1 Å². The third-order valence-electron chi connectivity index (χ3n) is 1.71. The lowest BCUT2D eigenvalue weighted by molar-refractivity contribution is -0.139. The number of aliphatic hydroxyl groups excluding tert-OH is 1. The van der Waals surface area contributed by atoms with E-state index in [1.807, 2.05) is 6.92 Å². The van der Waals surface area contributed by atoms with Crippen molar-refractivity contribution >= 4 is 5.97 Å². The lowest BCUT2D eigenvalue weighted by Crippen LogP contribution is -2.47. The summed E-state index contributed by atoms with van der Waals surface area (Å²) in [4.78, 5) is 10.5. The topological polar surface area (TPSA) is 95.6 Å². The molecule has 3 unspecified atom stereocenters. The Morgan fingerprint density at radius 2 is 2.08 bits per heavy atom. The Morgan fingerprint density at radius 1 is 1.54 bits per heavy atom. The van der Waals surface area contributed by atoms with Crippen LogP contribution in [-0.4, -0.2) is 40.9 Å². The number of rotatable bonds is 6. The molecular weight excluding hydrogens is 172 g/mol. The molecule has 0 aromatic rings. The zero-order valence-corrected chi connectivity index (χ0v) is 8.03. The summed E-state index contributed by atoms with van der Waals surface area (Å²) in [6, 6.07) is -0.779. The molecule has 0 heterocycles. The van der Waals surface area contributed by atoms with E-state index in [0.29, 0.717) is 6.42 Å². The normalized spacial score (nSPS) is 17.8. The van der Waals surface area contributed by atoms with Crippen molar-refractivity contribution in [1.82, 2.24) is 5.32 Å². The minimum atomic E-state index is -0.958. The number of aliphatic hydroxyl groups is 1. The van der Waals surface area contributed by atoms with Crippen LogP contribution in [0.25, 0.3) is 0 Å². The summed E-state index contributed by atoms with van der Waals surface area (Å²) in [6.45, 7) is 3.54. The summed E-state index contributed by atoms with van der Waals surface area (Å²) >= 11 is 0. The molecule has 3 atom stereocenters. The largest absolute Gasteiger partial charge is 0.480 e. The van der Waals surface area contributed by atoms with E-state index in [-0.39, 0.29) is 12.6 Å². The maximum Gasteiger partial charge on any atom is 0.322 e. The third-order valence-corrected chi connectivity index (χ3v) is 1.71. The lowest BCUT2D eigenvalue weighted by Gasteiger charge is -2.19. The zero-order valence-electron chi connectivity index (χ0n) is 8.03. The molecule has 0 bridgehead atoms. The molecule has 5 nitrogen and oxygen atoms in total. The number of nitrogens with one attached hydrogen (secondary N) is 1. The molecule has 5 N–H and O–H groups in total. The fraction of sp³-hybridized carbons (Fsp3) is 0.875. The fourth-order valence-electron chi connectivity index (χ4n) is 1.16. The summed E-state index contributed by atoms with van der Waals surface area (Å²) in [5.74, 6) is -0.958. The van der Waals surface area contributed by atoms with Crippen LogP contribution in [0.5, 0.6) is 0 Å². The molecule has 0 aliphatic rings. The molecule has 0 saturated heterocycles. The molecule has 78 valence electrons. The van der Waals surface area contributed by atoms with Crippen LogP contribution in [0.2, 0.25) is 0 Å². The van der Waals surface area contributed by atoms with Crippen LogP contribution in [0.15, 0.2) is 0 Å². The van der Waals surface area contributed by atoms with Crippen LogP contribution >= 0.6 is 0 Å². The van der Waals surface area contributed by atoms with Crippen molar-refractivity contribution < 1.29 is 15.0 Å². The fourth-order valence-corrected chi connectivity index (χ4v) is 1.16. The molecule has 0 aliphatic heterocycles. The quantitative estimate of drug-likeness (QED) is 0.437. The number of nitrogens with two attached hydrogens (primary N) is 1. The van der Waals surface area contributed by atoms with Gasteiger partial charge in [-0.25, -0.2) is 0 Å². The SMILES string of the molecule is CC(O)CC(C)NC(CN)C(=O)O. The molecule has 0 spiro atoms. The van der Waals surface area contributed by atoms with Gasteiger partial charge in [0.1, 0.15) is 6.04 Å². The number of carboxylic acids is 1. The highest BCUT2D eigenvalue weighted by atomic mass is 16.4. The van der Waals surface area contributed by atoms with Crippen LogP contribution in [0.3, 0.4) is 0 Å². The Morgan fingerprint density at radius 3 is 2.38 bits per heavy atom. The van der Waals surface area contributed by atoms with Gasteiger partial charge in [-0.15, -0.1) is 0 Å². The highest BCUT2D eigenvalue weighted by molar-refractivity contribution is 5.73. The molecule has 0 rings (SSSR count). The van der Waals surface area contributed by atoms with Crippen LogP contribution in [0.4, 0.5) is 0 Å². The van der Waals surface area contributed by atoms with Crippen molar-refractivity contribution in [3.05, 3.63) is 0 Å². The Bertz CT molecular complexity index is 161. The van der Waals surface area contributed by atoms with Crippen LogP contribution in [-0.2, 0) is 4.79 Å². The molecule has 0 aromatic heterocycles. The van der Waals surface area contributed by atoms with Crippen molar-refractivity contribution in [2.75, 3.05) is 6.54 Å². The van der Waals surface area contributed by atoms with Crippen molar-refractivity contribution in [2.45, 2.75) is 38.5 Å². The van der Waals surface area contributed by atoms with E-state index in [2.05, 4.69) is 5.32 Å². The van der Waals surface area contributed by atoms with E-state index in [9.17, 15) is 4.79 Å². The van der Waals surface area contributed by atoms with Crippen molar-refractivity contribution in [1.29, 1.82) is 0 Å². The predicted molar refractivity (Wildman–Crippen MR) is 49.4 cm³/mol. The molecule has 0 amide bonds. The summed E-state index contributed by atoms with van der Waals surface area (Å²) < 4.78 is 0. The monoisotopic (exact) mass is 190 g/mol. The third kappa shape index (κ3) is 5.57. The lowest BCUT2D eigenvalue weighted by atomic mass is 10.1. The second-order valence-electron chi connectivity index (χ2n) is 3.28. The molecule has 13 heavy (non-hydrogen) atoms. The molecule has 5 heteroatoms. The number of carboxylic acid groups (broad SMARTS) is 1. The van der Waals surface area contributed by atoms with E-state index in [1.165, 1.54) is 0 Å². The Balaban J connectivity index is 3.86. The first kappa shape index (κ1) is 12.3. The molecule has 0 fully saturated rings. The van der Waals surface area contributed by atoms with Gasteiger partial charge in [-0.05, 0) is 20.3 Å². The standard InChI is InChI=1S/C8H18N2O3/c1-5(3-6(2)11)10-7(4-9)8(12)13/h5-7,10-11H,3-4,9H2,1-2H3,(H,12,13). The van der Waals surface area contributed by atoms with E-state index in [1.54, 1.807) is 6.92 Å². The molecule has 0 saturated carbocycles. The van der Waals surface area contributed by atoms with E-state index in [4.69, 9.17) is 15.9 Å². The smallest absolute Gasteiger partial charge is 0.322 e. The predicted octanol–water partition coefficient (Wildman–Crippen LogP) is -0.853. The maximum atomic E-state index is 10.5. The maximum absolute atomic E-state index is 10.5. The second-order valence-corrected chi connectivity index (χ2v) is 3.28. The Labute approximate surface area is 77.9 Å². The molecule has 0 aromatic carbocycles. The van der Waals surface area contributed by atoms with E-state index < -0.39 is 18.1 Å². The average Bonchev–Trinajstić information content (AvgIpc) is 1.98. The summed E-state index contributed by atoms with van der Waals surface area (Å²) in [7, 11) is 0. The number of hydrogen-bond acceptors (Lipinski definition) is 4. The minimum absolute atomic E-state index is 0.0513. The van der Waals surface area contributed by atoms with Gasteiger partial charge in [0.05, 0.1) is 6.10 Å². The van der Waals surface area contributed by atoms with Crippen LogP contribution in [0.1, 0.15) is 20.3 Å². The highest BCUT2D eigenvalue weighted by Crippen LogP contribution is 1.97. The van der Waals surface area contributed by atoms with Crippen molar-refractivity contribution in [2.24, 2.45) is 5.73 Å². The Kier molecular flexibility index (Phi) is 5.61. The van der Waals surface area contributed by atoms with Gasteiger partial charge in [0, 0.05) is 12.6 Å². The first-order valence-corrected chi connectivity index (χ1v) is 4.34. The van der Waals surface area contributed by atoms with Gasteiger partial charge < -0.3 is 21.3 Å². The van der Waals surface area contributed by atoms with Gasteiger partial charge in [-0.1, -0.05) is 0 Å². The van der Waals surface area contributed by atoms with Crippen molar-refractivity contribution in [3.8, 4) is 0 Å². The van der Waals surface area contributed by atoms with E-state index in [0.717, 1.165) is 0 Å². The highest BCUT2D eigenvalue weighted by Gasteiger charge is 2.17. The van der Waals surface area contributed by atoms with Gasteiger partial charge >= 0.3 is 5.97 Å². The average molecular weight is 190 g/mol. The van der Waals surface area contributed by atoms with E-state index >= 15 is 0 Å². The zero-order chi connectivity index (χ0) is 10.4. The van der Waals surface area contributed by atoms with Gasteiger partial charge in [0.15, 0.2) is 0 Å². The molecule has 0 aliphatic carbocycles. The number of aliphatic carboxylic acids is 1. The summed E-state index contributed by atoms with van der Waals surface area (Å²) in [6.07, 6.45) is 0.0822. The van der Waals surface area contributed by atoms with Gasteiger partial charge in [0.2, 0.25) is 0 Å². The van der Waals surface area contributed by atoms with Gasteiger partial charge in [0.25, 0.3) is 0 Å². The van der Waals surface area contributed by atoms with Crippen molar-refractivity contribution in [3.63, 3.8) is 0 Å². The summed E-state index contributed by atoms with van der Waals surface area (Å²) in [5, 5.41) is 20.5. The number of carbonyl (C=O) groups is 1. The second kappa shape index (κ2) is 5.90. The van der Waals surface area contributed by atoms with Gasteiger partial charge in [-0.2, -0.15) is 0 Å². The number of hydrogen-bond donors (Lipinski definition) is 4. The Hall–Kier alpha value is -0.650. The summed E-state index contributed by atoms with van der Waals surface area (Å²) in [5.41, 5.74) is 5.25. The molecule has 0 radical (unpaired) electrons. The van der Waals surface area contributed by atoms with Crippen LogP contribution in [0, 0.1) is 0 Å². The van der Waals surface area contributed by atoms with Gasteiger partial charge in [-0.3, -0.25) is 4.79 Å². The first-order valence-electron chi connectivity index (χ1n) is 4.34.